The fourth-order valence-electron chi connectivity index (χ4n) is 3.72. The van der Waals surface area contributed by atoms with Crippen molar-refractivity contribution in [1.82, 2.24) is 18.9 Å². The van der Waals surface area contributed by atoms with Gasteiger partial charge in [-0.3, -0.25) is 0 Å². The van der Waals surface area contributed by atoms with E-state index in [0.717, 1.165) is 48.1 Å². The molecule has 0 aromatic carbocycles. The van der Waals surface area contributed by atoms with Crippen molar-refractivity contribution in [2.24, 2.45) is 0 Å². The molecule has 0 bridgehead atoms. The zero-order valence-electron chi connectivity index (χ0n) is 15.3. The third-order valence-corrected chi connectivity index (χ3v) is 5.14. The van der Waals surface area contributed by atoms with Crippen LogP contribution in [0.3, 0.4) is 0 Å². The van der Waals surface area contributed by atoms with Crippen molar-refractivity contribution in [1.29, 1.82) is 0 Å². The van der Waals surface area contributed by atoms with Gasteiger partial charge >= 0.3 is 0 Å². The van der Waals surface area contributed by atoms with Gasteiger partial charge in [0.25, 0.3) is 0 Å². The lowest BCUT2D eigenvalue weighted by Crippen LogP contribution is -2.10. The molecule has 6 heteroatoms. The lowest BCUT2D eigenvalue weighted by molar-refractivity contribution is 0.00218. The van der Waals surface area contributed by atoms with Gasteiger partial charge in [0.15, 0.2) is 11.6 Å². The van der Waals surface area contributed by atoms with E-state index < -0.39 is 0 Å². The molecule has 138 valence electrons. The first-order valence-corrected chi connectivity index (χ1v) is 9.44. The van der Waals surface area contributed by atoms with E-state index >= 15 is 0 Å². The molecule has 6 nitrogen and oxygen atoms in total. The van der Waals surface area contributed by atoms with Crippen molar-refractivity contribution >= 4 is 5.65 Å². The van der Waals surface area contributed by atoms with Crippen LogP contribution in [0.5, 0.6) is 0 Å². The van der Waals surface area contributed by atoms with E-state index in [-0.39, 0.29) is 6.10 Å². The van der Waals surface area contributed by atoms with Crippen LogP contribution in [0.2, 0.25) is 0 Å². The quantitative estimate of drug-likeness (QED) is 0.540. The van der Waals surface area contributed by atoms with E-state index in [0.29, 0.717) is 6.54 Å². The van der Waals surface area contributed by atoms with Crippen LogP contribution < -0.4 is 0 Å². The summed E-state index contributed by atoms with van der Waals surface area (Å²) in [5.74, 6) is 2.47. The zero-order valence-corrected chi connectivity index (χ0v) is 15.3. The van der Waals surface area contributed by atoms with E-state index in [1.807, 2.05) is 30.5 Å². The van der Waals surface area contributed by atoms with E-state index in [9.17, 15) is 0 Å². The lowest BCUT2D eigenvalue weighted by atomic mass is 10.1. The van der Waals surface area contributed by atoms with Crippen LogP contribution in [0.1, 0.15) is 42.5 Å². The SMILES string of the molecule is Cc1cccc2nc(Cn3ccnc3-c3ccc(C4CCCCO4)o3)cn12. The van der Waals surface area contributed by atoms with Gasteiger partial charge in [-0.1, -0.05) is 6.07 Å². The lowest BCUT2D eigenvalue weighted by Gasteiger charge is -2.20. The largest absolute Gasteiger partial charge is 0.455 e. The van der Waals surface area contributed by atoms with Gasteiger partial charge in [-0.05, 0) is 50.5 Å². The summed E-state index contributed by atoms with van der Waals surface area (Å²) in [4.78, 5) is 9.23. The van der Waals surface area contributed by atoms with Gasteiger partial charge in [0.1, 0.15) is 17.5 Å². The molecule has 0 N–H and O–H groups in total. The highest BCUT2D eigenvalue weighted by molar-refractivity contribution is 5.48. The zero-order chi connectivity index (χ0) is 18.2. The maximum Gasteiger partial charge on any atom is 0.176 e. The predicted molar refractivity (Wildman–Crippen MR) is 102 cm³/mol. The molecule has 1 fully saturated rings. The van der Waals surface area contributed by atoms with Crippen molar-refractivity contribution in [2.75, 3.05) is 6.61 Å². The fraction of sp³-hybridized carbons (Fsp3) is 0.333. The van der Waals surface area contributed by atoms with Gasteiger partial charge in [-0.25, -0.2) is 9.97 Å². The minimum Gasteiger partial charge on any atom is -0.455 e. The summed E-state index contributed by atoms with van der Waals surface area (Å²) in [5, 5.41) is 0. The van der Waals surface area contributed by atoms with Crippen LogP contribution in [0.25, 0.3) is 17.2 Å². The summed E-state index contributed by atoms with van der Waals surface area (Å²) in [6, 6.07) is 10.1. The summed E-state index contributed by atoms with van der Waals surface area (Å²) in [5.41, 5.74) is 3.12. The van der Waals surface area contributed by atoms with Gasteiger partial charge < -0.3 is 18.1 Å². The molecule has 1 saturated heterocycles. The minimum atomic E-state index is 0.0670. The van der Waals surface area contributed by atoms with Gasteiger partial charge in [-0.15, -0.1) is 0 Å². The molecule has 5 heterocycles. The molecule has 1 unspecified atom stereocenters. The van der Waals surface area contributed by atoms with Crippen molar-refractivity contribution < 1.29 is 9.15 Å². The number of aromatic nitrogens is 4. The highest BCUT2D eigenvalue weighted by Crippen LogP contribution is 2.31. The summed E-state index contributed by atoms with van der Waals surface area (Å²) < 4.78 is 16.1. The average molecular weight is 362 g/mol. The number of furan rings is 1. The smallest absolute Gasteiger partial charge is 0.176 e. The molecule has 0 radical (unpaired) electrons. The number of aryl methyl sites for hydroxylation is 1. The van der Waals surface area contributed by atoms with E-state index in [1.165, 1.54) is 12.1 Å². The molecule has 0 aliphatic carbocycles. The van der Waals surface area contributed by atoms with Crippen LogP contribution in [0.4, 0.5) is 0 Å². The molecule has 1 aliphatic heterocycles. The summed E-state index contributed by atoms with van der Waals surface area (Å²) in [7, 11) is 0. The molecule has 0 saturated carbocycles. The number of hydrogen-bond donors (Lipinski definition) is 0. The summed E-state index contributed by atoms with van der Waals surface area (Å²) in [6.07, 6.45) is 9.24. The predicted octanol–water partition coefficient (Wildman–Crippen LogP) is 4.39. The van der Waals surface area contributed by atoms with Crippen molar-refractivity contribution in [2.45, 2.75) is 38.8 Å². The second kappa shape index (κ2) is 6.70. The van der Waals surface area contributed by atoms with E-state index in [1.54, 1.807) is 6.20 Å². The monoisotopic (exact) mass is 362 g/mol. The van der Waals surface area contributed by atoms with Crippen LogP contribution in [-0.4, -0.2) is 25.5 Å². The van der Waals surface area contributed by atoms with Crippen molar-refractivity contribution in [3.63, 3.8) is 0 Å². The molecule has 4 aromatic heterocycles. The number of rotatable bonds is 4. The normalized spacial score (nSPS) is 17.6. The Morgan fingerprint density at radius 1 is 1.19 bits per heavy atom. The molecular weight excluding hydrogens is 340 g/mol. The van der Waals surface area contributed by atoms with Gasteiger partial charge in [0.05, 0.1) is 12.2 Å². The first kappa shape index (κ1) is 16.3. The molecule has 0 amide bonds. The molecule has 4 aromatic rings. The van der Waals surface area contributed by atoms with Crippen LogP contribution >= 0.6 is 0 Å². The topological polar surface area (TPSA) is 57.5 Å². The summed E-state index contributed by atoms with van der Waals surface area (Å²) in [6.45, 7) is 3.54. The van der Waals surface area contributed by atoms with Crippen LogP contribution in [0.15, 0.2) is 53.3 Å². The Bertz CT molecular complexity index is 1070. The second-order valence-electron chi connectivity index (χ2n) is 7.06. The van der Waals surface area contributed by atoms with Gasteiger partial charge in [0, 0.05) is 30.9 Å². The third kappa shape index (κ3) is 3.06. The number of ether oxygens (including phenoxy) is 1. The Kier molecular flexibility index (Phi) is 4.05. The van der Waals surface area contributed by atoms with Crippen molar-refractivity contribution in [3.8, 4) is 11.6 Å². The number of fused-ring (bicyclic) bond motifs is 1. The third-order valence-electron chi connectivity index (χ3n) is 5.14. The maximum atomic E-state index is 6.09. The van der Waals surface area contributed by atoms with E-state index in [4.69, 9.17) is 14.1 Å². The van der Waals surface area contributed by atoms with Crippen molar-refractivity contribution in [3.05, 3.63) is 66.1 Å². The Labute approximate surface area is 157 Å². The highest BCUT2D eigenvalue weighted by Gasteiger charge is 2.21. The Balaban J connectivity index is 1.42. The molecule has 5 rings (SSSR count). The second-order valence-corrected chi connectivity index (χ2v) is 7.06. The Hall–Kier alpha value is -2.86. The van der Waals surface area contributed by atoms with Gasteiger partial charge in [0.2, 0.25) is 0 Å². The molecule has 1 aliphatic rings. The molecule has 0 spiro atoms. The number of pyridine rings is 1. The van der Waals surface area contributed by atoms with Crippen LogP contribution in [-0.2, 0) is 11.3 Å². The average Bonchev–Trinajstić information content (AvgIpc) is 3.42. The number of imidazole rings is 2. The summed E-state index contributed by atoms with van der Waals surface area (Å²) >= 11 is 0. The molecule has 1 atom stereocenters. The standard InChI is InChI=1S/C21H22N4O2/c1-15-5-4-7-20-23-16(14-25(15)20)13-24-11-10-22-21(24)19-9-8-18(27-19)17-6-2-3-12-26-17/h4-5,7-11,14,17H,2-3,6,12-13H2,1H3. The molecular formula is C21H22N4O2. The van der Waals surface area contributed by atoms with Gasteiger partial charge in [-0.2, -0.15) is 0 Å². The Morgan fingerprint density at radius 3 is 3.00 bits per heavy atom. The molecule has 27 heavy (non-hydrogen) atoms. The minimum absolute atomic E-state index is 0.0670. The maximum absolute atomic E-state index is 6.09. The number of hydrogen-bond acceptors (Lipinski definition) is 4. The highest BCUT2D eigenvalue weighted by atomic mass is 16.5. The number of nitrogens with zero attached hydrogens (tertiary/aromatic N) is 4. The van der Waals surface area contributed by atoms with E-state index in [2.05, 4.69) is 33.1 Å². The van der Waals surface area contributed by atoms with Crippen LogP contribution in [0, 0.1) is 6.92 Å². The first-order chi connectivity index (χ1) is 13.3. The first-order valence-electron chi connectivity index (χ1n) is 9.44. The fourth-order valence-corrected chi connectivity index (χ4v) is 3.72. The Morgan fingerprint density at radius 2 is 2.15 bits per heavy atom.